The van der Waals surface area contributed by atoms with E-state index in [4.69, 9.17) is 15.8 Å². The van der Waals surface area contributed by atoms with Gasteiger partial charge in [-0.25, -0.2) is 0 Å². The Hall–Kier alpha value is -1.75. The summed E-state index contributed by atoms with van der Waals surface area (Å²) >= 11 is 0. The van der Waals surface area contributed by atoms with E-state index in [1.807, 2.05) is 19.4 Å². The fourth-order valence-corrected chi connectivity index (χ4v) is 2.85. The molecule has 0 unspecified atom stereocenters. The maximum absolute atomic E-state index is 8.90. The van der Waals surface area contributed by atoms with Gasteiger partial charge in [-0.05, 0) is 25.5 Å². The van der Waals surface area contributed by atoms with Crippen LogP contribution in [0.2, 0.25) is 0 Å². The van der Waals surface area contributed by atoms with Gasteiger partial charge in [-0.1, -0.05) is 6.89 Å². The fraction of sp³-hybridized carbons (Fsp3) is 0.200. The highest BCUT2D eigenvalue weighted by Gasteiger charge is 2.20. The van der Waals surface area contributed by atoms with E-state index in [-0.39, 0.29) is 0 Å². The molecule has 0 N–H and O–H groups in total. The standard InChI is InChI=1S/C10H8N3P/c1-14(2)9(6-12)3-8(5-11)4-10(14)7-13/h3-4H,1-2H3. The predicted molar refractivity (Wildman–Crippen MR) is 56.8 cm³/mol. The minimum absolute atomic E-state index is 0.387. The van der Waals surface area contributed by atoms with Crippen molar-refractivity contribution in [3.8, 4) is 18.2 Å². The van der Waals surface area contributed by atoms with E-state index in [0.29, 0.717) is 16.2 Å². The average molecular weight is 201 g/mol. The molecule has 68 valence electrons. The third kappa shape index (κ3) is 1.49. The van der Waals surface area contributed by atoms with Crippen LogP contribution in [0.3, 0.4) is 0 Å². The first-order valence-corrected chi connectivity index (χ1v) is 6.60. The van der Waals surface area contributed by atoms with Crippen molar-refractivity contribution in [3.63, 3.8) is 0 Å². The van der Waals surface area contributed by atoms with E-state index >= 15 is 0 Å². The Balaban J connectivity index is 3.57. The van der Waals surface area contributed by atoms with Gasteiger partial charge in [0, 0.05) is 0 Å². The van der Waals surface area contributed by atoms with E-state index in [0.717, 1.165) is 0 Å². The molecule has 0 fully saturated rings. The van der Waals surface area contributed by atoms with E-state index in [2.05, 4.69) is 12.1 Å². The van der Waals surface area contributed by atoms with Gasteiger partial charge in [-0.15, -0.1) is 0 Å². The van der Waals surface area contributed by atoms with Crippen molar-refractivity contribution in [3.05, 3.63) is 23.0 Å². The second-order valence-electron chi connectivity index (χ2n) is 3.30. The molecule has 1 rings (SSSR count). The van der Waals surface area contributed by atoms with Crippen LogP contribution in [0.4, 0.5) is 0 Å². The van der Waals surface area contributed by atoms with Gasteiger partial charge in [-0.2, -0.15) is 15.8 Å². The molecule has 0 aliphatic carbocycles. The first kappa shape index (κ1) is 10.3. The fourth-order valence-electron chi connectivity index (χ4n) is 1.17. The molecule has 0 aromatic heterocycles. The van der Waals surface area contributed by atoms with Gasteiger partial charge in [0.25, 0.3) is 0 Å². The van der Waals surface area contributed by atoms with Crippen molar-refractivity contribution >= 4 is 12.2 Å². The zero-order valence-electron chi connectivity index (χ0n) is 7.94. The van der Waals surface area contributed by atoms with E-state index in [1.165, 1.54) is 0 Å². The molecule has 0 aromatic carbocycles. The molecule has 14 heavy (non-hydrogen) atoms. The summed E-state index contributed by atoms with van der Waals surface area (Å²) in [5.74, 6) is 0. The number of allylic oxidation sites excluding steroid dienone is 4. The van der Waals surface area contributed by atoms with Crippen molar-refractivity contribution in [2.75, 3.05) is 13.3 Å². The quantitative estimate of drug-likeness (QED) is 0.561. The van der Waals surface area contributed by atoms with Gasteiger partial charge < -0.3 is 0 Å². The Morgan fingerprint density at radius 2 is 1.64 bits per heavy atom. The molecule has 0 saturated heterocycles. The van der Waals surface area contributed by atoms with E-state index < -0.39 is 6.89 Å². The van der Waals surface area contributed by atoms with Crippen molar-refractivity contribution in [1.82, 2.24) is 0 Å². The van der Waals surface area contributed by atoms with Crippen molar-refractivity contribution in [2.45, 2.75) is 0 Å². The van der Waals surface area contributed by atoms with Gasteiger partial charge >= 0.3 is 0 Å². The molecule has 0 aromatic rings. The average Bonchev–Trinajstić information content (AvgIpc) is 2.17. The molecule has 1 heterocycles. The Labute approximate surface area is 83.2 Å². The van der Waals surface area contributed by atoms with Crippen LogP contribution < -0.4 is 0 Å². The molecule has 3 nitrogen and oxygen atoms in total. The van der Waals surface area contributed by atoms with Crippen LogP contribution in [0, 0.1) is 34.0 Å². The van der Waals surface area contributed by atoms with Crippen LogP contribution >= 0.6 is 6.89 Å². The zero-order valence-corrected chi connectivity index (χ0v) is 8.84. The highest BCUT2D eigenvalue weighted by atomic mass is 31.2. The molecule has 1 aliphatic heterocycles. The highest BCUT2D eigenvalue weighted by molar-refractivity contribution is 7.79. The van der Waals surface area contributed by atoms with Gasteiger partial charge in [0.1, 0.15) is 0 Å². The molecule has 0 saturated carbocycles. The minimum atomic E-state index is -1.78. The number of rotatable bonds is 0. The summed E-state index contributed by atoms with van der Waals surface area (Å²) < 4.78 is 0. The largest absolute Gasteiger partial charge is 0.192 e. The third-order valence-electron chi connectivity index (χ3n) is 2.15. The molecule has 0 radical (unpaired) electrons. The van der Waals surface area contributed by atoms with Gasteiger partial charge in [0.05, 0.1) is 34.4 Å². The summed E-state index contributed by atoms with van der Waals surface area (Å²) in [6, 6.07) is 6.09. The first-order valence-electron chi connectivity index (χ1n) is 3.92. The summed E-state index contributed by atoms with van der Waals surface area (Å²) in [5, 5.41) is 27.6. The molecule has 0 amide bonds. The van der Waals surface area contributed by atoms with Crippen molar-refractivity contribution in [2.24, 2.45) is 0 Å². The summed E-state index contributed by atoms with van der Waals surface area (Å²) in [4.78, 5) is 0. The zero-order chi connectivity index (χ0) is 10.8. The monoisotopic (exact) mass is 201 g/mol. The SMILES string of the molecule is CP1(C)=C(C#N)C=C(C#N)C=C1C#N. The summed E-state index contributed by atoms with van der Waals surface area (Å²) in [7, 11) is 0. The molecule has 0 spiro atoms. The summed E-state index contributed by atoms with van der Waals surface area (Å²) in [6.45, 7) is 2.04. The lowest BCUT2D eigenvalue weighted by Gasteiger charge is -2.18. The Kier molecular flexibility index (Phi) is 2.62. The molecular formula is C10H8N3P. The lowest BCUT2D eigenvalue weighted by Crippen LogP contribution is -2.02. The van der Waals surface area contributed by atoms with Crippen LogP contribution in [-0.4, -0.2) is 18.6 Å². The van der Waals surface area contributed by atoms with Crippen molar-refractivity contribution in [1.29, 1.82) is 15.8 Å². The lowest BCUT2D eigenvalue weighted by atomic mass is 10.2. The molecular weight excluding hydrogens is 193 g/mol. The van der Waals surface area contributed by atoms with Crippen LogP contribution in [-0.2, 0) is 0 Å². The van der Waals surface area contributed by atoms with Crippen LogP contribution in [0.5, 0.6) is 0 Å². The van der Waals surface area contributed by atoms with Gasteiger partial charge in [0.15, 0.2) is 0 Å². The number of hydrogen-bond acceptors (Lipinski definition) is 3. The van der Waals surface area contributed by atoms with Gasteiger partial charge in [0.2, 0.25) is 0 Å². The second kappa shape index (κ2) is 3.55. The van der Waals surface area contributed by atoms with Gasteiger partial charge in [-0.3, -0.25) is 0 Å². The number of hydrogen-bond donors (Lipinski definition) is 0. The summed E-state index contributed by atoms with van der Waals surface area (Å²) in [5.41, 5.74) is 0.387. The van der Waals surface area contributed by atoms with Crippen LogP contribution in [0.15, 0.2) is 23.0 Å². The Morgan fingerprint density at radius 1 is 1.00 bits per heavy atom. The maximum Gasteiger partial charge on any atom is 0.0996 e. The molecule has 1 aliphatic rings. The lowest BCUT2D eigenvalue weighted by molar-refractivity contribution is 1.48. The first-order chi connectivity index (χ1) is 6.56. The third-order valence-corrected chi connectivity index (χ3v) is 5.01. The summed E-state index contributed by atoms with van der Waals surface area (Å²) in [6.07, 6.45) is 3.16. The van der Waals surface area contributed by atoms with Crippen molar-refractivity contribution < 1.29 is 0 Å². The maximum atomic E-state index is 8.90. The second-order valence-corrected chi connectivity index (χ2v) is 7.17. The topological polar surface area (TPSA) is 71.4 Å². The Morgan fingerprint density at radius 3 is 2.07 bits per heavy atom. The van der Waals surface area contributed by atoms with Crippen LogP contribution in [0.25, 0.3) is 0 Å². The number of nitriles is 3. The normalized spacial score (nSPS) is 18.4. The smallest absolute Gasteiger partial charge is 0.0996 e. The van der Waals surface area contributed by atoms with Crippen LogP contribution in [0.1, 0.15) is 0 Å². The Bertz CT molecular complexity index is 506. The predicted octanol–water partition coefficient (Wildman–Crippen LogP) is 1.83. The minimum Gasteiger partial charge on any atom is -0.192 e. The van der Waals surface area contributed by atoms with E-state index in [9.17, 15) is 0 Å². The highest BCUT2D eigenvalue weighted by Crippen LogP contribution is 2.51. The molecule has 0 atom stereocenters. The molecule has 0 bridgehead atoms. The van der Waals surface area contributed by atoms with E-state index in [1.54, 1.807) is 12.2 Å². The number of nitrogens with zero attached hydrogens (tertiary/aromatic N) is 3. The molecule has 4 heteroatoms.